The smallest absolute Gasteiger partial charge is 0.273 e. The van der Waals surface area contributed by atoms with Gasteiger partial charge in [-0.15, -0.1) is 11.3 Å². The van der Waals surface area contributed by atoms with E-state index in [9.17, 15) is 9.18 Å². The highest BCUT2D eigenvalue weighted by atomic mass is 32.1. The second-order valence-corrected chi connectivity index (χ2v) is 6.60. The molecule has 0 fully saturated rings. The van der Waals surface area contributed by atoms with E-state index < -0.39 is 0 Å². The number of thiophene rings is 1. The topological polar surface area (TPSA) is 60.1 Å². The number of anilines is 1. The van der Waals surface area contributed by atoms with Gasteiger partial charge in [0.05, 0.1) is 16.8 Å². The van der Waals surface area contributed by atoms with Crippen LogP contribution in [-0.4, -0.2) is 15.6 Å². The number of halogens is 1. The number of fused-ring (bicyclic) bond motifs is 1. The number of rotatable bonds is 4. The number of amides is 1. The average Bonchev–Trinajstić information content (AvgIpc) is 3.27. The molecule has 0 unspecified atom stereocenters. The predicted molar refractivity (Wildman–Crippen MR) is 94.5 cm³/mol. The van der Waals surface area contributed by atoms with Crippen LogP contribution in [0.25, 0.3) is 10.2 Å². The molecular formula is C18H14FN3O2S. The fourth-order valence-corrected chi connectivity index (χ4v) is 3.56. The zero-order chi connectivity index (χ0) is 17.4. The number of hydrogen-bond acceptors (Lipinski definition) is 4. The zero-order valence-electron chi connectivity index (χ0n) is 13.3. The van der Waals surface area contributed by atoms with E-state index in [1.54, 1.807) is 31.2 Å². The molecule has 0 saturated carbocycles. The lowest BCUT2D eigenvalue weighted by Gasteiger charge is -2.10. The Morgan fingerprint density at radius 3 is 2.92 bits per heavy atom. The minimum atomic E-state index is -0.312. The maximum atomic E-state index is 14.1. The van der Waals surface area contributed by atoms with E-state index in [-0.39, 0.29) is 18.3 Å². The standard InChI is InChI=1S/C18H14FN3O2S/c1-11-8-17(21-24-11)20-18(23)15-9-16-14(6-7-25-16)22(15)10-12-4-2-3-5-13(12)19/h2-9H,10H2,1H3,(H,20,21,23). The van der Waals surface area contributed by atoms with E-state index in [1.807, 2.05) is 22.1 Å². The van der Waals surface area contributed by atoms with Crippen LogP contribution in [0.15, 0.2) is 52.4 Å². The molecule has 4 rings (SSSR count). The summed E-state index contributed by atoms with van der Waals surface area (Å²) in [6.07, 6.45) is 0. The number of carbonyl (C=O) groups excluding carboxylic acids is 1. The van der Waals surface area contributed by atoms with Gasteiger partial charge in [-0.1, -0.05) is 23.4 Å². The summed E-state index contributed by atoms with van der Waals surface area (Å²) in [6, 6.07) is 11.9. The Labute approximate surface area is 146 Å². The summed E-state index contributed by atoms with van der Waals surface area (Å²) in [4.78, 5) is 12.7. The molecule has 0 atom stereocenters. The first-order valence-corrected chi connectivity index (χ1v) is 8.54. The molecule has 7 heteroatoms. The quantitative estimate of drug-likeness (QED) is 0.589. The van der Waals surface area contributed by atoms with E-state index in [4.69, 9.17) is 4.52 Å². The van der Waals surface area contributed by atoms with Crippen LogP contribution in [0.5, 0.6) is 0 Å². The van der Waals surface area contributed by atoms with Crippen molar-refractivity contribution >= 4 is 33.3 Å². The van der Waals surface area contributed by atoms with Gasteiger partial charge in [0.15, 0.2) is 5.82 Å². The van der Waals surface area contributed by atoms with Gasteiger partial charge in [-0.3, -0.25) is 4.79 Å². The Kier molecular flexibility index (Phi) is 3.85. The number of aryl methyl sites for hydroxylation is 1. The molecule has 0 radical (unpaired) electrons. The average molecular weight is 355 g/mol. The monoisotopic (exact) mass is 355 g/mol. The van der Waals surface area contributed by atoms with Crippen LogP contribution in [0.1, 0.15) is 21.8 Å². The molecule has 3 aromatic heterocycles. The second-order valence-electron chi connectivity index (χ2n) is 5.65. The molecule has 0 aliphatic heterocycles. The molecule has 25 heavy (non-hydrogen) atoms. The first-order valence-electron chi connectivity index (χ1n) is 7.66. The molecule has 0 spiro atoms. The third-order valence-electron chi connectivity index (χ3n) is 3.91. The Hall–Kier alpha value is -2.93. The lowest BCUT2D eigenvalue weighted by atomic mass is 10.2. The van der Waals surface area contributed by atoms with Crippen LogP contribution in [0, 0.1) is 12.7 Å². The number of hydrogen-bond donors (Lipinski definition) is 1. The van der Waals surface area contributed by atoms with Crippen molar-refractivity contribution in [2.75, 3.05) is 5.32 Å². The Morgan fingerprint density at radius 2 is 2.16 bits per heavy atom. The van der Waals surface area contributed by atoms with Gasteiger partial charge in [-0.25, -0.2) is 4.39 Å². The van der Waals surface area contributed by atoms with Crippen LogP contribution >= 0.6 is 11.3 Å². The second kappa shape index (κ2) is 6.18. The number of nitrogens with zero attached hydrogens (tertiary/aromatic N) is 2. The summed E-state index contributed by atoms with van der Waals surface area (Å²) in [6.45, 7) is 2.02. The van der Waals surface area contributed by atoms with Crippen molar-refractivity contribution in [1.29, 1.82) is 0 Å². The summed E-state index contributed by atoms with van der Waals surface area (Å²) in [7, 11) is 0. The van der Waals surface area contributed by atoms with Crippen molar-refractivity contribution in [1.82, 2.24) is 9.72 Å². The molecule has 5 nitrogen and oxygen atoms in total. The third-order valence-corrected chi connectivity index (χ3v) is 4.76. The van der Waals surface area contributed by atoms with E-state index in [0.29, 0.717) is 22.8 Å². The summed E-state index contributed by atoms with van der Waals surface area (Å²) >= 11 is 1.54. The number of nitrogens with one attached hydrogen (secondary N) is 1. The SMILES string of the molecule is Cc1cc(NC(=O)c2cc3sccc3n2Cc2ccccc2F)no1. The van der Waals surface area contributed by atoms with Crippen LogP contribution in [0.3, 0.4) is 0 Å². The van der Waals surface area contributed by atoms with Crippen molar-refractivity contribution in [2.45, 2.75) is 13.5 Å². The highest BCUT2D eigenvalue weighted by molar-refractivity contribution is 7.17. The molecule has 126 valence electrons. The Morgan fingerprint density at radius 1 is 1.32 bits per heavy atom. The molecule has 1 N–H and O–H groups in total. The Bertz CT molecular complexity index is 1060. The van der Waals surface area contributed by atoms with Crippen molar-refractivity contribution in [3.05, 3.63) is 70.7 Å². The summed E-state index contributed by atoms with van der Waals surface area (Å²) in [5.74, 6) is 0.355. The van der Waals surface area contributed by atoms with E-state index in [2.05, 4.69) is 10.5 Å². The molecule has 0 bridgehead atoms. The highest BCUT2D eigenvalue weighted by Gasteiger charge is 2.18. The normalized spacial score (nSPS) is 11.1. The lowest BCUT2D eigenvalue weighted by molar-refractivity contribution is 0.101. The summed E-state index contributed by atoms with van der Waals surface area (Å²) < 4.78 is 21.8. The zero-order valence-corrected chi connectivity index (χ0v) is 14.1. The van der Waals surface area contributed by atoms with Gasteiger partial charge in [0.25, 0.3) is 5.91 Å². The first kappa shape index (κ1) is 15.6. The fourth-order valence-electron chi connectivity index (χ4n) is 2.74. The number of benzene rings is 1. The molecule has 1 aromatic carbocycles. The van der Waals surface area contributed by atoms with Crippen LogP contribution in [0.2, 0.25) is 0 Å². The van der Waals surface area contributed by atoms with Gasteiger partial charge >= 0.3 is 0 Å². The number of aromatic nitrogens is 2. The molecule has 0 aliphatic carbocycles. The van der Waals surface area contributed by atoms with E-state index >= 15 is 0 Å². The third kappa shape index (κ3) is 2.94. The largest absolute Gasteiger partial charge is 0.360 e. The van der Waals surface area contributed by atoms with Crippen LogP contribution in [-0.2, 0) is 6.54 Å². The maximum absolute atomic E-state index is 14.1. The predicted octanol–water partition coefficient (Wildman–Crippen LogP) is 4.44. The van der Waals surface area contributed by atoms with Gasteiger partial charge in [0.1, 0.15) is 17.3 Å². The van der Waals surface area contributed by atoms with Crippen molar-refractivity contribution in [2.24, 2.45) is 0 Å². The summed E-state index contributed by atoms with van der Waals surface area (Å²) in [5, 5.41) is 8.44. The van der Waals surface area contributed by atoms with Crippen molar-refractivity contribution in [3.8, 4) is 0 Å². The molecule has 4 aromatic rings. The molecular weight excluding hydrogens is 341 g/mol. The van der Waals surface area contributed by atoms with Gasteiger partial charge in [0.2, 0.25) is 0 Å². The molecule has 1 amide bonds. The molecule has 0 aliphatic rings. The van der Waals surface area contributed by atoms with E-state index in [1.165, 1.54) is 17.4 Å². The van der Waals surface area contributed by atoms with Gasteiger partial charge in [-0.2, -0.15) is 0 Å². The fraction of sp³-hybridized carbons (Fsp3) is 0.111. The molecule has 3 heterocycles. The van der Waals surface area contributed by atoms with Gasteiger partial charge in [0, 0.05) is 11.6 Å². The first-order chi connectivity index (χ1) is 12.1. The van der Waals surface area contributed by atoms with Gasteiger partial charge in [-0.05, 0) is 30.5 Å². The molecule has 0 saturated heterocycles. The highest BCUT2D eigenvalue weighted by Crippen LogP contribution is 2.27. The van der Waals surface area contributed by atoms with Crippen molar-refractivity contribution < 1.29 is 13.7 Å². The Balaban J connectivity index is 1.72. The van der Waals surface area contributed by atoms with Crippen molar-refractivity contribution in [3.63, 3.8) is 0 Å². The van der Waals surface area contributed by atoms with Crippen LogP contribution in [0.4, 0.5) is 10.2 Å². The van der Waals surface area contributed by atoms with E-state index in [0.717, 1.165) is 10.2 Å². The lowest BCUT2D eigenvalue weighted by Crippen LogP contribution is -2.18. The maximum Gasteiger partial charge on any atom is 0.273 e. The minimum absolute atomic E-state index is 0.271. The number of carbonyl (C=O) groups is 1. The van der Waals surface area contributed by atoms with Crippen LogP contribution < -0.4 is 5.32 Å². The van der Waals surface area contributed by atoms with Gasteiger partial charge < -0.3 is 14.4 Å². The summed E-state index contributed by atoms with van der Waals surface area (Å²) in [5.41, 5.74) is 1.87. The minimum Gasteiger partial charge on any atom is -0.360 e.